The molecule has 0 radical (unpaired) electrons. The number of halogens is 2. The molecule has 1 amide bonds. The van der Waals surface area contributed by atoms with Crippen LogP contribution in [0.15, 0.2) is 48.5 Å². The Morgan fingerprint density at radius 3 is 2.24 bits per heavy atom. The van der Waals surface area contributed by atoms with Crippen molar-refractivity contribution in [3.63, 3.8) is 0 Å². The zero-order valence-electron chi connectivity index (χ0n) is 11.5. The Morgan fingerprint density at radius 2 is 1.71 bits per heavy atom. The van der Waals surface area contributed by atoms with Crippen molar-refractivity contribution in [2.45, 2.75) is 19.4 Å². The Labute approximate surface area is 121 Å². The second kappa shape index (κ2) is 6.35. The fraction of sp³-hybridized carbons (Fsp3) is 0.188. The highest BCUT2D eigenvalue weighted by molar-refractivity contribution is 5.84. The highest BCUT2D eigenvalue weighted by atomic mass is 19.3. The smallest absolute Gasteiger partial charge is 0.263 e. The first-order valence-corrected chi connectivity index (χ1v) is 6.48. The number of hydrogen-bond donors (Lipinski definition) is 2. The summed E-state index contributed by atoms with van der Waals surface area (Å²) in [5.74, 6) is -0.568. The first-order chi connectivity index (χ1) is 9.97. The molecule has 0 aromatic heterocycles. The molecule has 5 heteroatoms. The number of benzene rings is 2. The van der Waals surface area contributed by atoms with Gasteiger partial charge in [-0.25, -0.2) is 8.78 Å². The summed E-state index contributed by atoms with van der Waals surface area (Å²) in [7, 11) is 0. The molecule has 0 aliphatic rings. The van der Waals surface area contributed by atoms with E-state index in [9.17, 15) is 13.6 Å². The van der Waals surface area contributed by atoms with Gasteiger partial charge in [0.05, 0.1) is 0 Å². The Balaban J connectivity index is 2.24. The van der Waals surface area contributed by atoms with Crippen LogP contribution in [0, 0.1) is 6.92 Å². The molecule has 1 unspecified atom stereocenters. The van der Waals surface area contributed by atoms with Crippen LogP contribution in [0.25, 0.3) is 0 Å². The zero-order chi connectivity index (χ0) is 15.4. The van der Waals surface area contributed by atoms with Crippen molar-refractivity contribution in [2.24, 2.45) is 5.73 Å². The van der Waals surface area contributed by atoms with E-state index in [1.54, 1.807) is 0 Å². The van der Waals surface area contributed by atoms with E-state index in [-0.39, 0.29) is 5.56 Å². The van der Waals surface area contributed by atoms with Gasteiger partial charge in [0.15, 0.2) is 0 Å². The van der Waals surface area contributed by atoms with Crippen molar-refractivity contribution in [3.05, 3.63) is 65.2 Å². The number of nitrogens with two attached hydrogens (primary N) is 1. The average Bonchev–Trinajstić information content (AvgIpc) is 2.44. The largest absolute Gasteiger partial charge is 0.370 e. The van der Waals surface area contributed by atoms with Gasteiger partial charge in [0.25, 0.3) is 6.43 Å². The number of anilines is 1. The molecule has 0 heterocycles. The van der Waals surface area contributed by atoms with Crippen molar-refractivity contribution in [1.82, 2.24) is 0 Å². The molecular formula is C16H16F2N2O. The Kier molecular flexibility index (Phi) is 4.52. The number of primary amides is 1. The Hall–Kier alpha value is -2.43. The molecular weight excluding hydrogens is 274 g/mol. The fourth-order valence-electron chi connectivity index (χ4n) is 2.05. The van der Waals surface area contributed by atoms with Gasteiger partial charge in [0.1, 0.15) is 6.04 Å². The molecule has 0 aliphatic carbocycles. The molecule has 110 valence electrons. The summed E-state index contributed by atoms with van der Waals surface area (Å²) in [5, 5.41) is 3.02. The average molecular weight is 290 g/mol. The van der Waals surface area contributed by atoms with Crippen LogP contribution in [0.1, 0.15) is 29.2 Å². The first kappa shape index (κ1) is 15.0. The van der Waals surface area contributed by atoms with E-state index in [2.05, 4.69) is 5.32 Å². The van der Waals surface area contributed by atoms with Crippen LogP contribution in [0.2, 0.25) is 0 Å². The standard InChI is InChI=1S/C16H16F2N2O/c1-10-3-2-4-13(9-10)20-14(16(19)21)11-5-7-12(8-6-11)15(17)18/h2-9,14-15,20H,1H3,(H2,19,21). The van der Waals surface area contributed by atoms with Crippen LogP contribution >= 0.6 is 0 Å². The van der Waals surface area contributed by atoms with Crippen LogP contribution in [0.4, 0.5) is 14.5 Å². The maximum Gasteiger partial charge on any atom is 0.263 e. The van der Waals surface area contributed by atoms with Crippen molar-refractivity contribution in [2.75, 3.05) is 5.32 Å². The van der Waals surface area contributed by atoms with Gasteiger partial charge < -0.3 is 11.1 Å². The first-order valence-electron chi connectivity index (χ1n) is 6.48. The van der Waals surface area contributed by atoms with Crippen LogP contribution in [0.5, 0.6) is 0 Å². The number of hydrogen-bond acceptors (Lipinski definition) is 2. The van der Waals surface area contributed by atoms with Gasteiger partial charge in [0, 0.05) is 11.3 Å². The quantitative estimate of drug-likeness (QED) is 0.884. The van der Waals surface area contributed by atoms with Crippen molar-refractivity contribution in [3.8, 4) is 0 Å². The summed E-state index contributed by atoms with van der Waals surface area (Å²) in [6.07, 6.45) is -2.53. The minimum absolute atomic E-state index is 0.0856. The molecule has 3 nitrogen and oxygen atoms in total. The van der Waals surface area contributed by atoms with E-state index in [0.29, 0.717) is 5.56 Å². The van der Waals surface area contributed by atoms with E-state index in [4.69, 9.17) is 5.73 Å². The third-order valence-electron chi connectivity index (χ3n) is 3.14. The van der Waals surface area contributed by atoms with Crippen LogP contribution in [-0.2, 0) is 4.79 Å². The molecule has 2 aromatic carbocycles. The Bertz CT molecular complexity index is 626. The minimum Gasteiger partial charge on any atom is -0.370 e. The number of nitrogens with one attached hydrogen (secondary N) is 1. The summed E-state index contributed by atoms with van der Waals surface area (Å²) in [4.78, 5) is 11.6. The molecule has 2 aromatic rings. The molecule has 0 bridgehead atoms. The maximum absolute atomic E-state index is 12.5. The predicted octanol–water partition coefficient (Wildman–Crippen LogP) is 3.57. The van der Waals surface area contributed by atoms with E-state index in [1.807, 2.05) is 31.2 Å². The van der Waals surface area contributed by atoms with Crippen LogP contribution in [-0.4, -0.2) is 5.91 Å². The van der Waals surface area contributed by atoms with E-state index in [0.717, 1.165) is 11.3 Å². The Morgan fingerprint density at radius 1 is 1.10 bits per heavy atom. The normalized spacial score (nSPS) is 12.2. The summed E-state index contributed by atoms with van der Waals surface area (Å²) >= 11 is 0. The summed E-state index contributed by atoms with van der Waals surface area (Å²) in [6.45, 7) is 1.93. The van der Waals surface area contributed by atoms with Gasteiger partial charge in [-0.1, -0.05) is 36.4 Å². The zero-order valence-corrected chi connectivity index (χ0v) is 11.5. The van der Waals surface area contributed by atoms with Gasteiger partial charge in [-0.3, -0.25) is 4.79 Å². The molecule has 0 saturated heterocycles. The molecule has 0 saturated carbocycles. The lowest BCUT2D eigenvalue weighted by Crippen LogP contribution is -2.27. The molecule has 0 fully saturated rings. The molecule has 21 heavy (non-hydrogen) atoms. The van der Waals surface area contributed by atoms with Crippen LogP contribution in [0.3, 0.4) is 0 Å². The summed E-state index contributed by atoms with van der Waals surface area (Å²) in [6, 6.07) is 12.3. The van der Waals surface area contributed by atoms with Gasteiger partial charge in [-0.2, -0.15) is 0 Å². The van der Waals surface area contributed by atoms with Gasteiger partial charge in [-0.05, 0) is 30.2 Å². The number of amides is 1. The highest BCUT2D eigenvalue weighted by Crippen LogP contribution is 2.24. The molecule has 1 atom stereocenters. The third kappa shape index (κ3) is 3.78. The van der Waals surface area contributed by atoms with Crippen molar-refractivity contribution < 1.29 is 13.6 Å². The lowest BCUT2D eigenvalue weighted by atomic mass is 10.0. The number of aryl methyl sites for hydroxylation is 1. The van der Waals surface area contributed by atoms with Gasteiger partial charge >= 0.3 is 0 Å². The summed E-state index contributed by atoms with van der Waals surface area (Å²) < 4.78 is 25.1. The van der Waals surface area contributed by atoms with Crippen LogP contribution < -0.4 is 11.1 Å². The highest BCUT2D eigenvalue weighted by Gasteiger charge is 2.18. The molecule has 0 spiro atoms. The second-order valence-corrected chi connectivity index (χ2v) is 4.82. The lowest BCUT2D eigenvalue weighted by Gasteiger charge is -2.18. The SMILES string of the molecule is Cc1cccc(NC(C(N)=O)c2ccc(C(F)F)cc2)c1. The maximum atomic E-state index is 12.5. The van der Waals surface area contributed by atoms with Crippen molar-refractivity contribution >= 4 is 11.6 Å². The van der Waals surface area contributed by atoms with E-state index in [1.165, 1.54) is 24.3 Å². The van der Waals surface area contributed by atoms with Gasteiger partial charge in [0.2, 0.25) is 5.91 Å². The number of carbonyl (C=O) groups excluding carboxylic acids is 1. The van der Waals surface area contributed by atoms with Gasteiger partial charge in [-0.15, -0.1) is 0 Å². The lowest BCUT2D eigenvalue weighted by molar-refractivity contribution is -0.118. The summed E-state index contributed by atoms with van der Waals surface area (Å²) in [5.41, 5.74) is 7.65. The van der Waals surface area contributed by atoms with E-state index >= 15 is 0 Å². The monoisotopic (exact) mass is 290 g/mol. The number of rotatable bonds is 5. The predicted molar refractivity (Wildman–Crippen MR) is 78.1 cm³/mol. The van der Waals surface area contributed by atoms with Crippen molar-refractivity contribution in [1.29, 1.82) is 0 Å². The molecule has 3 N–H and O–H groups in total. The minimum atomic E-state index is -2.53. The van der Waals surface area contributed by atoms with E-state index < -0.39 is 18.4 Å². The second-order valence-electron chi connectivity index (χ2n) is 4.82. The molecule has 0 aliphatic heterocycles. The number of alkyl halides is 2. The fourth-order valence-corrected chi connectivity index (χ4v) is 2.05. The third-order valence-corrected chi connectivity index (χ3v) is 3.14. The topological polar surface area (TPSA) is 55.1 Å². The number of carbonyl (C=O) groups is 1. The molecule has 2 rings (SSSR count).